The van der Waals surface area contributed by atoms with Gasteiger partial charge in [0, 0.05) is 17.8 Å². The second-order valence-electron chi connectivity index (χ2n) is 4.95. The topological polar surface area (TPSA) is 89.3 Å². The van der Waals surface area contributed by atoms with E-state index in [1.165, 1.54) is 6.33 Å². The standard InChI is InChI=1S/C16H16N4O3/c1-23-14-4-2-3-11-7-12(8-18-15(11)14)19-16(22)13(9-21)20-6-5-17-10-20/h2-8,10,13,21H,9H2,1H3,(H,19,22)/t13-/m0/s1. The first kappa shape index (κ1) is 15.0. The number of methoxy groups -OCH3 is 1. The summed E-state index contributed by atoms with van der Waals surface area (Å²) in [6.07, 6.45) is 6.23. The summed E-state index contributed by atoms with van der Waals surface area (Å²) in [6, 6.07) is 6.65. The molecule has 2 heterocycles. The van der Waals surface area contributed by atoms with E-state index in [0.717, 1.165) is 10.9 Å². The van der Waals surface area contributed by atoms with E-state index in [-0.39, 0.29) is 12.5 Å². The molecular formula is C16H16N4O3. The zero-order valence-electron chi connectivity index (χ0n) is 12.5. The summed E-state index contributed by atoms with van der Waals surface area (Å²) in [7, 11) is 1.59. The van der Waals surface area contributed by atoms with Crippen molar-refractivity contribution in [3.63, 3.8) is 0 Å². The highest BCUT2D eigenvalue weighted by molar-refractivity contribution is 5.96. The minimum Gasteiger partial charge on any atom is -0.494 e. The Kier molecular flexibility index (Phi) is 4.20. The van der Waals surface area contributed by atoms with Crippen molar-refractivity contribution in [3.8, 4) is 5.75 Å². The third kappa shape index (κ3) is 3.00. The Hall–Kier alpha value is -2.93. The van der Waals surface area contributed by atoms with Gasteiger partial charge in [0.05, 0.1) is 31.9 Å². The number of aliphatic hydroxyl groups excluding tert-OH is 1. The van der Waals surface area contributed by atoms with Crippen molar-refractivity contribution in [3.05, 3.63) is 49.2 Å². The summed E-state index contributed by atoms with van der Waals surface area (Å²) < 4.78 is 6.81. The molecule has 0 bridgehead atoms. The molecule has 0 radical (unpaired) electrons. The Morgan fingerprint density at radius 1 is 1.48 bits per heavy atom. The molecule has 0 aliphatic heterocycles. The molecule has 1 atom stereocenters. The van der Waals surface area contributed by atoms with E-state index in [1.54, 1.807) is 30.3 Å². The number of aliphatic hydroxyl groups is 1. The molecule has 0 aliphatic carbocycles. The molecule has 2 aromatic heterocycles. The highest BCUT2D eigenvalue weighted by Crippen LogP contribution is 2.25. The van der Waals surface area contributed by atoms with Crippen LogP contribution >= 0.6 is 0 Å². The molecule has 3 rings (SSSR count). The first-order valence-electron chi connectivity index (χ1n) is 7.05. The smallest absolute Gasteiger partial charge is 0.249 e. The van der Waals surface area contributed by atoms with Crippen molar-refractivity contribution < 1.29 is 14.6 Å². The minimum absolute atomic E-state index is 0.322. The number of fused-ring (bicyclic) bond motifs is 1. The molecule has 0 unspecified atom stereocenters. The summed E-state index contributed by atoms with van der Waals surface area (Å²) in [5.74, 6) is 0.335. The zero-order chi connectivity index (χ0) is 16.2. The van der Waals surface area contributed by atoms with Crippen molar-refractivity contribution in [1.29, 1.82) is 0 Å². The SMILES string of the molecule is COc1cccc2cc(NC(=O)[C@H](CO)n3ccnc3)cnc12. The molecule has 0 saturated heterocycles. The Balaban J connectivity index is 1.85. The van der Waals surface area contributed by atoms with Gasteiger partial charge in [-0.05, 0) is 12.1 Å². The second-order valence-corrected chi connectivity index (χ2v) is 4.95. The number of carbonyl (C=O) groups is 1. The van der Waals surface area contributed by atoms with Gasteiger partial charge >= 0.3 is 0 Å². The van der Waals surface area contributed by atoms with Crippen LogP contribution in [0.3, 0.4) is 0 Å². The van der Waals surface area contributed by atoms with Gasteiger partial charge in [-0.1, -0.05) is 12.1 Å². The van der Waals surface area contributed by atoms with E-state index in [0.29, 0.717) is 11.4 Å². The van der Waals surface area contributed by atoms with Gasteiger partial charge in [-0.3, -0.25) is 9.78 Å². The molecule has 23 heavy (non-hydrogen) atoms. The zero-order valence-corrected chi connectivity index (χ0v) is 12.5. The molecule has 1 aromatic carbocycles. The minimum atomic E-state index is -0.737. The summed E-state index contributed by atoms with van der Waals surface area (Å²) in [5, 5.41) is 13.1. The quantitative estimate of drug-likeness (QED) is 0.747. The molecule has 0 aliphatic rings. The van der Waals surface area contributed by atoms with Crippen molar-refractivity contribution in [2.24, 2.45) is 0 Å². The van der Waals surface area contributed by atoms with Crippen LogP contribution in [0.25, 0.3) is 10.9 Å². The van der Waals surface area contributed by atoms with Crippen LogP contribution in [0.1, 0.15) is 6.04 Å². The van der Waals surface area contributed by atoms with Crippen LogP contribution in [0.5, 0.6) is 5.75 Å². The lowest BCUT2D eigenvalue weighted by Crippen LogP contribution is -2.28. The van der Waals surface area contributed by atoms with Gasteiger partial charge < -0.3 is 19.7 Å². The van der Waals surface area contributed by atoms with Crippen molar-refractivity contribution >= 4 is 22.5 Å². The summed E-state index contributed by atoms with van der Waals surface area (Å²) in [6.45, 7) is -0.322. The van der Waals surface area contributed by atoms with Crippen LogP contribution in [-0.4, -0.2) is 39.3 Å². The van der Waals surface area contributed by atoms with Crippen LogP contribution < -0.4 is 10.1 Å². The molecule has 2 N–H and O–H groups in total. The molecule has 7 nitrogen and oxygen atoms in total. The van der Waals surface area contributed by atoms with Gasteiger partial charge in [-0.15, -0.1) is 0 Å². The number of carbonyl (C=O) groups excluding carboxylic acids is 1. The summed E-state index contributed by atoms with van der Waals surface area (Å²) in [5.41, 5.74) is 1.27. The number of ether oxygens (including phenoxy) is 1. The van der Waals surface area contributed by atoms with E-state index >= 15 is 0 Å². The number of anilines is 1. The maximum absolute atomic E-state index is 12.3. The van der Waals surface area contributed by atoms with Crippen LogP contribution in [0.4, 0.5) is 5.69 Å². The first-order chi connectivity index (χ1) is 11.2. The molecule has 3 aromatic rings. The lowest BCUT2D eigenvalue weighted by Gasteiger charge is -2.15. The number of hydrogen-bond donors (Lipinski definition) is 2. The largest absolute Gasteiger partial charge is 0.494 e. The fraction of sp³-hybridized carbons (Fsp3) is 0.188. The van der Waals surface area contributed by atoms with Crippen molar-refractivity contribution in [2.75, 3.05) is 19.0 Å². The average Bonchev–Trinajstić information content (AvgIpc) is 3.09. The van der Waals surface area contributed by atoms with Crippen LogP contribution in [0, 0.1) is 0 Å². The number of pyridine rings is 1. The van der Waals surface area contributed by atoms with E-state index in [2.05, 4.69) is 15.3 Å². The van der Waals surface area contributed by atoms with Gasteiger partial charge in [0.2, 0.25) is 5.91 Å². The Morgan fingerprint density at radius 2 is 2.35 bits per heavy atom. The maximum Gasteiger partial charge on any atom is 0.249 e. The normalized spacial score (nSPS) is 12.1. The number of aromatic nitrogens is 3. The summed E-state index contributed by atoms with van der Waals surface area (Å²) in [4.78, 5) is 20.5. The van der Waals surface area contributed by atoms with Crippen molar-refractivity contribution in [1.82, 2.24) is 14.5 Å². The van der Waals surface area contributed by atoms with Gasteiger partial charge in [0.15, 0.2) is 0 Å². The van der Waals surface area contributed by atoms with E-state index in [4.69, 9.17) is 4.74 Å². The number of para-hydroxylation sites is 1. The number of benzene rings is 1. The van der Waals surface area contributed by atoms with E-state index < -0.39 is 6.04 Å². The Morgan fingerprint density at radius 3 is 3.04 bits per heavy atom. The number of nitrogens with one attached hydrogen (secondary N) is 1. The van der Waals surface area contributed by atoms with Gasteiger partial charge in [0.1, 0.15) is 17.3 Å². The number of rotatable bonds is 5. The highest BCUT2D eigenvalue weighted by Gasteiger charge is 2.19. The van der Waals surface area contributed by atoms with Crippen LogP contribution in [0.2, 0.25) is 0 Å². The van der Waals surface area contributed by atoms with E-state index in [1.807, 2.05) is 24.3 Å². The second kappa shape index (κ2) is 6.45. The molecule has 0 saturated carbocycles. The number of imidazole rings is 1. The third-order valence-electron chi connectivity index (χ3n) is 3.52. The van der Waals surface area contributed by atoms with Crippen LogP contribution in [0.15, 0.2) is 49.2 Å². The van der Waals surface area contributed by atoms with Crippen LogP contribution in [-0.2, 0) is 4.79 Å². The predicted octanol–water partition coefficient (Wildman–Crippen LogP) is 1.61. The first-order valence-corrected chi connectivity index (χ1v) is 7.05. The molecule has 7 heteroatoms. The molecular weight excluding hydrogens is 296 g/mol. The number of amides is 1. The van der Waals surface area contributed by atoms with Gasteiger partial charge in [-0.25, -0.2) is 4.98 Å². The molecule has 0 fully saturated rings. The maximum atomic E-state index is 12.3. The lowest BCUT2D eigenvalue weighted by molar-refractivity contribution is -0.120. The summed E-state index contributed by atoms with van der Waals surface area (Å²) >= 11 is 0. The lowest BCUT2D eigenvalue weighted by atomic mass is 10.2. The average molecular weight is 312 g/mol. The van der Waals surface area contributed by atoms with Crippen molar-refractivity contribution in [2.45, 2.75) is 6.04 Å². The Bertz CT molecular complexity index is 817. The molecule has 0 spiro atoms. The van der Waals surface area contributed by atoms with Gasteiger partial charge in [-0.2, -0.15) is 0 Å². The fourth-order valence-electron chi connectivity index (χ4n) is 2.36. The highest BCUT2D eigenvalue weighted by atomic mass is 16.5. The van der Waals surface area contributed by atoms with E-state index in [9.17, 15) is 9.90 Å². The molecule has 1 amide bonds. The Labute approximate surface area is 132 Å². The number of nitrogens with zero attached hydrogens (tertiary/aromatic N) is 3. The fourth-order valence-corrected chi connectivity index (χ4v) is 2.36. The van der Waals surface area contributed by atoms with Gasteiger partial charge in [0.25, 0.3) is 0 Å². The number of hydrogen-bond acceptors (Lipinski definition) is 5. The third-order valence-corrected chi connectivity index (χ3v) is 3.52. The predicted molar refractivity (Wildman–Crippen MR) is 85.3 cm³/mol. The monoisotopic (exact) mass is 312 g/mol. The molecule has 118 valence electrons.